The Kier molecular flexibility index (Phi) is 7.33. The van der Waals surface area contributed by atoms with Crippen molar-refractivity contribution < 1.29 is 0 Å². The summed E-state index contributed by atoms with van der Waals surface area (Å²) >= 11 is 1.87. The summed E-state index contributed by atoms with van der Waals surface area (Å²) in [4.78, 5) is 2.57. The van der Waals surface area contributed by atoms with E-state index in [4.69, 9.17) is 0 Å². The van der Waals surface area contributed by atoms with Crippen molar-refractivity contribution in [1.29, 1.82) is 0 Å². The molecule has 0 unspecified atom stereocenters. The van der Waals surface area contributed by atoms with Gasteiger partial charge in [-0.1, -0.05) is 182 Å². The lowest BCUT2D eigenvalue weighted by Crippen LogP contribution is -2.28. The van der Waals surface area contributed by atoms with Crippen molar-refractivity contribution in [1.82, 2.24) is 0 Å². The highest BCUT2D eigenvalue weighted by molar-refractivity contribution is 7.26. The van der Waals surface area contributed by atoms with Crippen LogP contribution in [0, 0.1) is 0 Å². The van der Waals surface area contributed by atoms with Crippen molar-refractivity contribution in [3.8, 4) is 22.3 Å². The maximum Gasteiger partial charge on any atom is 0.0714 e. The van der Waals surface area contributed by atoms with Gasteiger partial charge in [-0.3, -0.25) is 0 Å². The van der Waals surface area contributed by atoms with E-state index in [9.17, 15) is 0 Å². The maximum atomic E-state index is 2.57. The molecule has 0 fully saturated rings. The van der Waals surface area contributed by atoms with Crippen molar-refractivity contribution >= 4 is 59.3 Å². The molecule has 0 saturated heterocycles. The second-order valence-electron chi connectivity index (χ2n) is 14.4. The highest BCUT2D eigenvalue weighted by atomic mass is 32.1. The van der Waals surface area contributed by atoms with Crippen LogP contribution in [0.5, 0.6) is 0 Å². The molecule has 55 heavy (non-hydrogen) atoms. The number of rotatable bonds is 6. The third-order valence-electron chi connectivity index (χ3n) is 11.5. The number of nitrogens with zero attached hydrogens (tertiary/aromatic N) is 1. The third-order valence-corrected chi connectivity index (χ3v) is 12.7. The van der Waals surface area contributed by atoms with E-state index in [1.165, 1.54) is 81.1 Å². The van der Waals surface area contributed by atoms with Gasteiger partial charge in [0.05, 0.1) is 22.5 Å². The lowest BCUT2D eigenvalue weighted by Gasteiger charge is -2.35. The standard InChI is InChI=1S/C53H35NS/c1-3-20-37(21-4-1)53(38-22-5-2-6-23-38)44-29-12-9-26-42(44)51-45(53)30-16-32-47(51)54(48-33-17-35-50-52(48)43-27-11-14-34-49(43)55-50)46-31-13-10-25-41(46)40-28-15-19-36-18-7-8-24-39(36)40/h1-35H. The van der Waals surface area contributed by atoms with Gasteiger partial charge < -0.3 is 4.90 Å². The first-order chi connectivity index (χ1) is 27.3. The SMILES string of the molecule is c1ccc(C2(c3ccccc3)c3ccccc3-c3c(N(c4ccccc4-c4cccc5ccccc45)c4cccc5sc6ccccc6c45)cccc32)cc1. The molecule has 258 valence electrons. The van der Waals surface area contributed by atoms with Crippen molar-refractivity contribution in [3.63, 3.8) is 0 Å². The smallest absolute Gasteiger partial charge is 0.0714 e. The average Bonchev–Trinajstić information content (AvgIpc) is 3.79. The molecule has 1 aliphatic rings. The second-order valence-corrected chi connectivity index (χ2v) is 15.4. The molecule has 0 amide bonds. The zero-order valence-corrected chi connectivity index (χ0v) is 30.9. The summed E-state index contributed by atoms with van der Waals surface area (Å²) in [5, 5.41) is 5.03. The molecule has 11 rings (SSSR count). The summed E-state index contributed by atoms with van der Waals surface area (Å²) in [6.45, 7) is 0. The highest BCUT2D eigenvalue weighted by Crippen LogP contribution is 2.60. The van der Waals surface area contributed by atoms with E-state index in [1.807, 2.05) is 11.3 Å². The van der Waals surface area contributed by atoms with Gasteiger partial charge in [-0.25, -0.2) is 0 Å². The molecule has 0 spiro atoms. The van der Waals surface area contributed by atoms with E-state index in [1.54, 1.807) is 0 Å². The average molecular weight is 718 g/mol. The van der Waals surface area contributed by atoms with Crippen LogP contribution >= 0.6 is 11.3 Å². The van der Waals surface area contributed by atoms with Gasteiger partial charge >= 0.3 is 0 Å². The zero-order chi connectivity index (χ0) is 36.3. The van der Waals surface area contributed by atoms with Gasteiger partial charge in [-0.05, 0) is 74.5 Å². The summed E-state index contributed by atoms with van der Waals surface area (Å²) in [7, 11) is 0. The van der Waals surface area contributed by atoms with Gasteiger partial charge in [0.15, 0.2) is 0 Å². The number of fused-ring (bicyclic) bond motifs is 7. The molecule has 10 aromatic rings. The first-order valence-electron chi connectivity index (χ1n) is 18.9. The predicted molar refractivity (Wildman–Crippen MR) is 234 cm³/mol. The number of anilines is 3. The third kappa shape index (κ3) is 4.72. The van der Waals surface area contributed by atoms with E-state index >= 15 is 0 Å². The molecule has 0 bridgehead atoms. The molecule has 9 aromatic carbocycles. The van der Waals surface area contributed by atoms with Crippen LogP contribution in [-0.4, -0.2) is 0 Å². The first kappa shape index (κ1) is 31.8. The number of benzene rings is 9. The molecule has 0 atom stereocenters. The molecule has 0 N–H and O–H groups in total. The normalized spacial score (nSPS) is 12.9. The van der Waals surface area contributed by atoms with Crippen LogP contribution in [0.2, 0.25) is 0 Å². The molecule has 1 heterocycles. The second kappa shape index (κ2) is 12.7. The van der Waals surface area contributed by atoms with E-state index in [0.717, 1.165) is 11.4 Å². The molecular formula is C53H35NS. The van der Waals surface area contributed by atoms with Crippen LogP contribution in [0.3, 0.4) is 0 Å². The zero-order valence-electron chi connectivity index (χ0n) is 30.1. The largest absolute Gasteiger partial charge is 0.309 e. The molecule has 0 saturated carbocycles. The lowest BCUT2D eigenvalue weighted by molar-refractivity contribution is 0.768. The minimum Gasteiger partial charge on any atom is -0.309 e. The Bertz CT molecular complexity index is 3000. The molecule has 0 radical (unpaired) electrons. The van der Waals surface area contributed by atoms with Gasteiger partial charge in [0.25, 0.3) is 0 Å². The van der Waals surface area contributed by atoms with Gasteiger partial charge in [0.2, 0.25) is 0 Å². The van der Waals surface area contributed by atoms with E-state index in [-0.39, 0.29) is 0 Å². The summed E-state index contributed by atoms with van der Waals surface area (Å²) in [5.74, 6) is 0. The first-order valence-corrected chi connectivity index (χ1v) is 19.8. The van der Waals surface area contributed by atoms with Crippen LogP contribution in [0.25, 0.3) is 53.2 Å². The number of para-hydroxylation sites is 1. The van der Waals surface area contributed by atoms with Gasteiger partial charge in [0.1, 0.15) is 0 Å². The molecule has 1 aliphatic carbocycles. The fraction of sp³-hybridized carbons (Fsp3) is 0.0189. The number of hydrogen-bond donors (Lipinski definition) is 0. The van der Waals surface area contributed by atoms with Crippen molar-refractivity contribution in [3.05, 3.63) is 235 Å². The fourth-order valence-corrected chi connectivity index (χ4v) is 10.5. The Morgan fingerprint density at radius 2 is 0.873 bits per heavy atom. The van der Waals surface area contributed by atoms with Crippen molar-refractivity contribution in [2.75, 3.05) is 4.90 Å². The highest BCUT2D eigenvalue weighted by Gasteiger charge is 2.47. The maximum absolute atomic E-state index is 2.57. The summed E-state index contributed by atoms with van der Waals surface area (Å²) in [6, 6.07) is 78.4. The van der Waals surface area contributed by atoms with E-state index in [2.05, 4.69) is 217 Å². The van der Waals surface area contributed by atoms with Crippen LogP contribution < -0.4 is 4.90 Å². The molecular weight excluding hydrogens is 683 g/mol. The molecule has 2 heteroatoms. The summed E-state index contributed by atoms with van der Waals surface area (Å²) in [5.41, 5.74) is 13.0. The lowest BCUT2D eigenvalue weighted by atomic mass is 9.68. The van der Waals surface area contributed by atoms with E-state index in [0.29, 0.717) is 0 Å². The Labute approximate surface area is 325 Å². The minimum atomic E-state index is -0.508. The van der Waals surface area contributed by atoms with Crippen molar-refractivity contribution in [2.45, 2.75) is 5.41 Å². The van der Waals surface area contributed by atoms with Crippen LogP contribution in [0.15, 0.2) is 212 Å². The number of thiophene rings is 1. The molecule has 1 nitrogen and oxygen atoms in total. The van der Waals surface area contributed by atoms with Crippen LogP contribution in [0.1, 0.15) is 22.3 Å². The van der Waals surface area contributed by atoms with Crippen LogP contribution in [0.4, 0.5) is 17.1 Å². The van der Waals surface area contributed by atoms with Gasteiger partial charge in [-0.2, -0.15) is 0 Å². The minimum absolute atomic E-state index is 0.508. The molecule has 0 aliphatic heterocycles. The Morgan fingerprint density at radius 3 is 1.69 bits per heavy atom. The Hall–Kier alpha value is -6.74. The van der Waals surface area contributed by atoms with Crippen LogP contribution in [-0.2, 0) is 5.41 Å². The molecule has 1 aromatic heterocycles. The number of hydrogen-bond acceptors (Lipinski definition) is 2. The van der Waals surface area contributed by atoms with Gasteiger partial charge in [0, 0.05) is 31.3 Å². The quantitative estimate of drug-likeness (QED) is 0.166. The Balaban J connectivity index is 1.29. The summed E-state index contributed by atoms with van der Waals surface area (Å²) < 4.78 is 2.57. The topological polar surface area (TPSA) is 3.24 Å². The van der Waals surface area contributed by atoms with E-state index < -0.39 is 5.41 Å². The monoisotopic (exact) mass is 717 g/mol. The Morgan fingerprint density at radius 1 is 0.345 bits per heavy atom. The van der Waals surface area contributed by atoms with Crippen molar-refractivity contribution in [2.24, 2.45) is 0 Å². The summed E-state index contributed by atoms with van der Waals surface area (Å²) in [6.07, 6.45) is 0. The predicted octanol–water partition coefficient (Wildman–Crippen LogP) is 14.7. The fourth-order valence-electron chi connectivity index (χ4n) is 9.35. The van der Waals surface area contributed by atoms with Gasteiger partial charge in [-0.15, -0.1) is 11.3 Å².